The van der Waals surface area contributed by atoms with Gasteiger partial charge >= 0.3 is 0 Å². The maximum atomic E-state index is 11.7. The molecule has 3 heteroatoms. The molecule has 0 radical (unpaired) electrons. The molecule has 0 aliphatic heterocycles. The Labute approximate surface area is 121 Å². The van der Waals surface area contributed by atoms with E-state index in [1.54, 1.807) is 17.1 Å². The predicted molar refractivity (Wildman–Crippen MR) is 82.5 cm³/mol. The highest BCUT2D eigenvalue weighted by Gasteiger charge is 2.06. The summed E-state index contributed by atoms with van der Waals surface area (Å²) < 4.78 is 0. The van der Waals surface area contributed by atoms with Gasteiger partial charge in [-0.05, 0) is 44.7 Å². The van der Waals surface area contributed by atoms with E-state index in [9.17, 15) is 9.90 Å². The molecular formula is C17H25NO2. The number of rotatable bonds is 8. The zero-order valence-electron chi connectivity index (χ0n) is 12.5. The van der Waals surface area contributed by atoms with E-state index in [1.807, 2.05) is 32.0 Å². The Bertz CT molecular complexity index is 410. The van der Waals surface area contributed by atoms with Gasteiger partial charge in [0.2, 0.25) is 5.91 Å². The minimum atomic E-state index is -0.393. The summed E-state index contributed by atoms with van der Waals surface area (Å²) in [6, 6.07) is 10.1. The van der Waals surface area contributed by atoms with E-state index in [0.717, 1.165) is 19.5 Å². The fourth-order valence-corrected chi connectivity index (χ4v) is 2.06. The molecule has 0 spiro atoms. The summed E-state index contributed by atoms with van der Waals surface area (Å²) in [5.74, 6) is 0.0188. The zero-order valence-corrected chi connectivity index (χ0v) is 12.5. The van der Waals surface area contributed by atoms with Gasteiger partial charge in [-0.3, -0.25) is 4.79 Å². The van der Waals surface area contributed by atoms with E-state index in [1.165, 1.54) is 5.56 Å². The van der Waals surface area contributed by atoms with Crippen LogP contribution in [0.15, 0.2) is 42.5 Å². The van der Waals surface area contributed by atoms with Crippen LogP contribution in [0.5, 0.6) is 0 Å². The first kappa shape index (κ1) is 16.4. The van der Waals surface area contributed by atoms with Crippen LogP contribution >= 0.6 is 0 Å². The molecule has 110 valence electrons. The number of hydrogen-bond acceptors (Lipinski definition) is 2. The second kappa shape index (κ2) is 9.32. The number of carbonyl (C=O) groups is 1. The van der Waals surface area contributed by atoms with Crippen LogP contribution in [0, 0.1) is 0 Å². The predicted octanol–water partition coefficient (Wildman–Crippen LogP) is 2.79. The largest absolute Gasteiger partial charge is 0.393 e. The van der Waals surface area contributed by atoms with Gasteiger partial charge in [0, 0.05) is 13.1 Å². The third-order valence-corrected chi connectivity index (χ3v) is 3.35. The maximum absolute atomic E-state index is 11.7. The number of aryl methyl sites for hydroxylation is 1. The summed E-state index contributed by atoms with van der Waals surface area (Å²) in [4.78, 5) is 13.5. The minimum absolute atomic E-state index is 0.0188. The van der Waals surface area contributed by atoms with Crippen molar-refractivity contribution in [2.24, 2.45) is 0 Å². The molecule has 0 unspecified atom stereocenters. The number of likely N-dealkylation sites (N-methyl/N-ethyl adjacent to an activating group) is 1. The highest BCUT2D eigenvalue weighted by atomic mass is 16.3. The number of hydrogen-bond donors (Lipinski definition) is 1. The SMILES string of the molecule is CCN(CC)C(=O)/C=C/C[C@@H](O)CCc1ccccc1. The van der Waals surface area contributed by atoms with Crippen LogP contribution in [0.25, 0.3) is 0 Å². The lowest BCUT2D eigenvalue weighted by atomic mass is 10.0. The molecule has 0 aliphatic carbocycles. The third kappa shape index (κ3) is 6.02. The maximum Gasteiger partial charge on any atom is 0.246 e. The van der Waals surface area contributed by atoms with Crippen molar-refractivity contribution in [1.29, 1.82) is 0 Å². The quantitative estimate of drug-likeness (QED) is 0.741. The van der Waals surface area contributed by atoms with Crippen molar-refractivity contribution in [2.45, 2.75) is 39.2 Å². The molecule has 1 N–H and O–H groups in total. The van der Waals surface area contributed by atoms with E-state index in [-0.39, 0.29) is 5.91 Å². The molecule has 1 amide bonds. The van der Waals surface area contributed by atoms with Crippen LogP contribution in [0.2, 0.25) is 0 Å². The van der Waals surface area contributed by atoms with Gasteiger partial charge in [-0.1, -0.05) is 36.4 Å². The minimum Gasteiger partial charge on any atom is -0.393 e. The molecular weight excluding hydrogens is 250 g/mol. The Morgan fingerprint density at radius 3 is 2.50 bits per heavy atom. The monoisotopic (exact) mass is 275 g/mol. The van der Waals surface area contributed by atoms with E-state index in [2.05, 4.69) is 12.1 Å². The Kier molecular flexibility index (Phi) is 7.66. The molecule has 20 heavy (non-hydrogen) atoms. The molecule has 1 rings (SSSR count). The summed E-state index contributed by atoms with van der Waals surface area (Å²) in [7, 11) is 0. The van der Waals surface area contributed by atoms with Crippen molar-refractivity contribution in [3.8, 4) is 0 Å². The number of aliphatic hydroxyl groups is 1. The van der Waals surface area contributed by atoms with Gasteiger partial charge in [0.05, 0.1) is 6.10 Å². The Hall–Kier alpha value is -1.61. The Morgan fingerprint density at radius 1 is 1.25 bits per heavy atom. The van der Waals surface area contributed by atoms with Gasteiger partial charge in [-0.2, -0.15) is 0 Å². The van der Waals surface area contributed by atoms with Gasteiger partial charge in [-0.25, -0.2) is 0 Å². The zero-order chi connectivity index (χ0) is 14.8. The number of amides is 1. The van der Waals surface area contributed by atoms with Gasteiger partial charge in [0.1, 0.15) is 0 Å². The fraction of sp³-hybridized carbons (Fsp3) is 0.471. The van der Waals surface area contributed by atoms with Crippen LogP contribution in [-0.4, -0.2) is 35.1 Å². The second-order valence-corrected chi connectivity index (χ2v) is 4.83. The molecule has 0 aliphatic rings. The topological polar surface area (TPSA) is 40.5 Å². The van der Waals surface area contributed by atoms with Crippen molar-refractivity contribution in [3.05, 3.63) is 48.0 Å². The Morgan fingerprint density at radius 2 is 1.90 bits per heavy atom. The molecule has 3 nitrogen and oxygen atoms in total. The van der Waals surface area contributed by atoms with Crippen molar-refractivity contribution in [3.63, 3.8) is 0 Å². The van der Waals surface area contributed by atoms with Crippen molar-refractivity contribution < 1.29 is 9.90 Å². The first-order valence-corrected chi connectivity index (χ1v) is 7.34. The average Bonchev–Trinajstić information content (AvgIpc) is 2.47. The molecule has 1 aromatic carbocycles. The standard InChI is InChI=1S/C17H25NO2/c1-3-18(4-2)17(20)12-8-11-16(19)14-13-15-9-6-5-7-10-15/h5-10,12,16,19H,3-4,11,13-14H2,1-2H3/b12-8+/t16-/m1/s1. The number of carbonyl (C=O) groups excluding carboxylic acids is 1. The van der Waals surface area contributed by atoms with Crippen LogP contribution in [0.3, 0.4) is 0 Å². The summed E-state index contributed by atoms with van der Waals surface area (Å²) in [6.07, 6.45) is 5.05. The highest BCUT2D eigenvalue weighted by Crippen LogP contribution is 2.07. The molecule has 0 bridgehead atoms. The highest BCUT2D eigenvalue weighted by molar-refractivity contribution is 5.87. The summed E-state index contributed by atoms with van der Waals surface area (Å²) in [6.45, 7) is 5.36. The normalized spacial score (nSPS) is 12.6. The number of aliphatic hydroxyl groups excluding tert-OH is 1. The van der Waals surface area contributed by atoms with Crippen molar-refractivity contribution in [2.75, 3.05) is 13.1 Å². The van der Waals surface area contributed by atoms with E-state index < -0.39 is 6.10 Å². The fourth-order valence-electron chi connectivity index (χ4n) is 2.06. The first-order chi connectivity index (χ1) is 9.67. The van der Waals surface area contributed by atoms with Gasteiger partial charge in [0.25, 0.3) is 0 Å². The van der Waals surface area contributed by atoms with E-state index in [4.69, 9.17) is 0 Å². The average molecular weight is 275 g/mol. The smallest absolute Gasteiger partial charge is 0.246 e. The van der Waals surface area contributed by atoms with Gasteiger partial charge in [-0.15, -0.1) is 0 Å². The summed E-state index contributed by atoms with van der Waals surface area (Å²) >= 11 is 0. The number of benzene rings is 1. The lowest BCUT2D eigenvalue weighted by molar-refractivity contribution is -0.125. The Balaban J connectivity index is 2.29. The van der Waals surface area contributed by atoms with E-state index in [0.29, 0.717) is 12.8 Å². The molecule has 1 atom stereocenters. The van der Waals surface area contributed by atoms with Crippen LogP contribution < -0.4 is 0 Å². The summed E-state index contributed by atoms with van der Waals surface area (Å²) in [5, 5.41) is 9.90. The molecule has 0 fully saturated rings. The molecule has 1 aromatic rings. The van der Waals surface area contributed by atoms with Crippen LogP contribution in [0.4, 0.5) is 0 Å². The molecule has 0 heterocycles. The molecule has 0 saturated carbocycles. The van der Waals surface area contributed by atoms with Gasteiger partial charge in [0.15, 0.2) is 0 Å². The third-order valence-electron chi connectivity index (χ3n) is 3.35. The first-order valence-electron chi connectivity index (χ1n) is 7.34. The summed E-state index contributed by atoms with van der Waals surface area (Å²) in [5.41, 5.74) is 1.23. The number of nitrogens with zero attached hydrogens (tertiary/aromatic N) is 1. The van der Waals surface area contributed by atoms with E-state index >= 15 is 0 Å². The van der Waals surface area contributed by atoms with Crippen molar-refractivity contribution >= 4 is 5.91 Å². The van der Waals surface area contributed by atoms with Crippen LogP contribution in [-0.2, 0) is 11.2 Å². The lowest BCUT2D eigenvalue weighted by Crippen LogP contribution is -2.28. The van der Waals surface area contributed by atoms with Crippen molar-refractivity contribution in [1.82, 2.24) is 4.90 Å². The second-order valence-electron chi connectivity index (χ2n) is 4.83. The molecule has 0 aromatic heterocycles. The lowest BCUT2D eigenvalue weighted by Gasteiger charge is -2.16. The molecule has 0 saturated heterocycles. The van der Waals surface area contributed by atoms with Crippen LogP contribution in [0.1, 0.15) is 32.3 Å². The van der Waals surface area contributed by atoms with Gasteiger partial charge < -0.3 is 10.0 Å².